The number of benzene rings is 2. The fourth-order valence-electron chi connectivity index (χ4n) is 2.60. The van der Waals surface area contributed by atoms with E-state index >= 15 is 0 Å². The van der Waals surface area contributed by atoms with E-state index in [4.69, 9.17) is 16.3 Å². The van der Waals surface area contributed by atoms with Gasteiger partial charge in [-0.2, -0.15) is 0 Å². The molecule has 0 unspecified atom stereocenters. The lowest BCUT2D eigenvalue weighted by molar-refractivity contribution is -0.116. The number of aromatic nitrogens is 1. The second kappa shape index (κ2) is 7.40. The van der Waals surface area contributed by atoms with Crippen LogP contribution in [0, 0.1) is 0 Å². The number of rotatable bonds is 6. The number of nitrogens with one attached hydrogen (secondary N) is 2. The highest BCUT2D eigenvalue weighted by molar-refractivity contribution is 6.45. The molecule has 0 bridgehead atoms. The molecule has 3 rings (SSSR count). The van der Waals surface area contributed by atoms with E-state index in [1.54, 1.807) is 25.3 Å². The van der Waals surface area contributed by atoms with Crippen LogP contribution in [0.5, 0.6) is 5.75 Å². The topological polar surface area (TPSA) is 71.2 Å². The average molecular weight is 357 g/mol. The van der Waals surface area contributed by atoms with Gasteiger partial charge in [-0.1, -0.05) is 29.8 Å². The van der Waals surface area contributed by atoms with Crippen LogP contribution in [0.25, 0.3) is 10.9 Å². The number of carbonyl (C=O) groups is 2. The van der Waals surface area contributed by atoms with Gasteiger partial charge in [0.25, 0.3) is 11.7 Å². The summed E-state index contributed by atoms with van der Waals surface area (Å²) in [6.45, 7) is 0.380. The lowest BCUT2D eigenvalue weighted by Gasteiger charge is -2.05. The molecule has 0 aliphatic heterocycles. The van der Waals surface area contributed by atoms with E-state index in [1.165, 1.54) is 6.20 Å². The van der Waals surface area contributed by atoms with Crippen LogP contribution in [0.2, 0.25) is 5.02 Å². The van der Waals surface area contributed by atoms with E-state index in [-0.39, 0.29) is 0 Å². The first-order valence-electron chi connectivity index (χ1n) is 7.80. The number of hydrogen-bond acceptors (Lipinski definition) is 3. The van der Waals surface area contributed by atoms with E-state index < -0.39 is 11.7 Å². The number of H-pyrrole nitrogens is 1. The summed E-state index contributed by atoms with van der Waals surface area (Å²) in [6.07, 6.45) is 2.17. The normalized spacial score (nSPS) is 10.6. The Morgan fingerprint density at radius 3 is 2.64 bits per heavy atom. The third kappa shape index (κ3) is 3.83. The van der Waals surface area contributed by atoms with E-state index in [9.17, 15) is 9.59 Å². The second-order valence-corrected chi connectivity index (χ2v) is 6.01. The molecule has 0 radical (unpaired) electrons. The van der Waals surface area contributed by atoms with Crippen molar-refractivity contribution in [2.75, 3.05) is 13.7 Å². The van der Waals surface area contributed by atoms with Crippen LogP contribution in [-0.4, -0.2) is 30.3 Å². The van der Waals surface area contributed by atoms with Crippen molar-refractivity contribution in [1.29, 1.82) is 0 Å². The summed E-state index contributed by atoms with van der Waals surface area (Å²) in [5.74, 6) is -0.407. The molecule has 3 aromatic rings. The van der Waals surface area contributed by atoms with Crippen molar-refractivity contribution in [2.24, 2.45) is 0 Å². The number of carbonyl (C=O) groups excluding carboxylic acids is 2. The summed E-state index contributed by atoms with van der Waals surface area (Å²) in [4.78, 5) is 27.4. The summed E-state index contributed by atoms with van der Waals surface area (Å²) in [7, 11) is 1.61. The maximum Gasteiger partial charge on any atom is 0.292 e. The van der Waals surface area contributed by atoms with Gasteiger partial charge in [-0.15, -0.1) is 0 Å². The van der Waals surface area contributed by atoms with Gasteiger partial charge in [0.05, 0.1) is 12.7 Å². The molecular formula is C19H17ClN2O3. The van der Waals surface area contributed by atoms with Crippen LogP contribution in [-0.2, 0) is 11.2 Å². The predicted octanol–water partition coefficient (Wildman–Crippen LogP) is 3.37. The Morgan fingerprint density at radius 1 is 1.16 bits per heavy atom. The van der Waals surface area contributed by atoms with Gasteiger partial charge in [-0.05, 0) is 36.2 Å². The number of fused-ring (bicyclic) bond motifs is 1. The Balaban J connectivity index is 1.61. The highest BCUT2D eigenvalue weighted by Gasteiger charge is 2.19. The molecule has 5 nitrogen and oxygen atoms in total. The lowest BCUT2D eigenvalue weighted by atomic mass is 10.1. The maximum absolute atomic E-state index is 12.3. The van der Waals surface area contributed by atoms with Gasteiger partial charge < -0.3 is 15.0 Å². The molecular weight excluding hydrogens is 340 g/mol. The number of hydrogen-bond donors (Lipinski definition) is 2. The Bertz CT molecular complexity index is 916. The summed E-state index contributed by atoms with van der Waals surface area (Å²) in [5, 5.41) is 3.91. The SMILES string of the molecule is COc1ccc(CCNC(=O)C(=O)c2c[nH]c3cc(Cl)ccc23)cc1. The molecule has 0 saturated heterocycles. The van der Waals surface area contributed by atoms with Gasteiger partial charge in [0, 0.05) is 28.7 Å². The Kier molecular flexibility index (Phi) is 5.05. The quantitative estimate of drug-likeness (QED) is 0.525. The molecule has 0 spiro atoms. The van der Waals surface area contributed by atoms with Gasteiger partial charge in [-0.25, -0.2) is 0 Å². The fourth-order valence-corrected chi connectivity index (χ4v) is 2.77. The van der Waals surface area contributed by atoms with Crippen LogP contribution in [0.3, 0.4) is 0 Å². The maximum atomic E-state index is 12.3. The highest BCUT2D eigenvalue weighted by Crippen LogP contribution is 2.22. The minimum absolute atomic E-state index is 0.341. The summed E-state index contributed by atoms with van der Waals surface area (Å²) >= 11 is 5.92. The standard InChI is InChI=1S/C19H17ClN2O3/c1-25-14-5-2-12(3-6-14)8-9-21-19(24)18(23)16-11-22-17-10-13(20)4-7-15(16)17/h2-7,10-11,22H,8-9H2,1H3,(H,21,24). The minimum Gasteiger partial charge on any atom is -0.497 e. The molecule has 128 valence electrons. The van der Waals surface area contributed by atoms with Crippen molar-refractivity contribution < 1.29 is 14.3 Å². The number of ketones is 1. The van der Waals surface area contributed by atoms with E-state index in [2.05, 4.69) is 10.3 Å². The molecule has 0 fully saturated rings. The van der Waals surface area contributed by atoms with Crippen LogP contribution in [0.4, 0.5) is 0 Å². The van der Waals surface area contributed by atoms with Crippen LogP contribution in [0.1, 0.15) is 15.9 Å². The van der Waals surface area contributed by atoms with Crippen molar-refractivity contribution >= 4 is 34.2 Å². The molecule has 0 saturated carbocycles. The summed E-state index contributed by atoms with van der Waals surface area (Å²) in [5.41, 5.74) is 2.12. The first-order valence-corrected chi connectivity index (χ1v) is 8.18. The monoisotopic (exact) mass is 356 g/mol. The molecule has 1 aromatic heterocycles. The smallest absolute Gasteiger partial charge is 0.292 e. The van der Waals surface area contributed by atoms with Gasteiger partial charge in [0.2, 0.25) is 0 Å². The second-order valence-electron chi connectivity index (χ2n) is 5.58. The van der Waals surface area contributed by atoms with Crippen molar-refractivity contribution in [3.63, 3.8) is 0 Å². The van der Waals surface area contributed by atoms with Crippen molar-refractivity contribution in [3.05, 3.63) is 64.8 Å². The van der Waals surface area contributed by atoms with Crippen molar-refractivity contribution in [2.45, 2.75) is 6.42 Å². The fraction of sp³-hybridized carbons (Fsp3) is 0.158. The molecule has 0 atom stereocenters. The summed E-state index contributed by atoms with van der Waals surface area (Å²) < 4.78 is 5.10. The zero-order chi connectivity index (χ0) is 17.8. The van der Waals surface area contributed by atoms with Crippen molar-refractivity contribution in [3.8, 4) is 5.75 Å². The van der Waals surface area contributed by atoms with Crippen LogP contribution >= 0.6 is 11.6 Å². The van der Waals surface area contributed by atoms with Crippen LogP contribution in [0.15, 0.2) is 48.7 Å². The minimum atomic E-state index is -0.621. The van der Waals surface area contributed by atoms with Gasteiger partial charge in [0.15, 0.2) is 0 Å². The molecule has 0 aliphatic rings. The third-order valence-corrected chi connectivity index (χ3v) is 4.19. The van der Waals surface area contributed by atoms with E-state index in [1.807, 2.05) is 24.3 Å². The molecule has 1 heterocycles. The van der Waals surface area contributed by atoms with E-state index in [0.29, 0.717) is 28.9 Å². The van der Waals surface area contributed by atoms with Gasteiger partial charge in [-0.3, -0.25) is 9.59 Å². The Hall–Kier alpha value is -2.79. The molecule has 2 aromatic carbocycles. The first kappa shape index (κ1) is 17.0. The molecule has 25 heavy (non-hydrogen) atoms. The van der Waals surface area contributed by atoms with Gasteiger partial charge >= 0.3 is 0 Å². The molecule has 0 aliphatic carbocycles. The predicted molar refractivity (Wildman–Crippen MR) is 97.3 cm³/mol. The largest absolute Gasteiger partial charge is 0.497 e. The van der Waals surface area contributed by atoms with Gasteiger partial charge in [0.1, 0.15) is 5.75 Å². The number of ether oxygens (including phenoxy) is 1. The molecule has 1 amide bonds. The van der Waals surface area contributed by atoms with E-state index in [0.717, 1.165) is 16.8 Å². The number of aromatic amines is 1. The summed E-state index contributed by atoms with van der Waals surface area (Å²) in [6, 6.07) is 12.7. The number of methoxy groups -OCH3 is 1. The Labute approximate surface area is 149 Å². The zero-order valence-electron chi connectivity index (χ0n) is 13.6. The third-order valence-electron chi connectivity index (χ3n) is 3.95. The number of Topliss-reactive ketones (excluding diaryl/α,β-unsaturated/α-hetero) is 1. The molecule has 2 N–H and O–H groups in total. The number of halogens is 1. The molecule has 6 heteroatoms. The lowest BCUT2D eigenvalue weighted by Crippen LogP contribution is -2.32. The highest BCUT2D eigenvalue weighted by atomic mass is 35.5. The first-order chi connectivity index (χ1) is 12.1. The van der Waals surface area contributed by atoms with Crippen LogP contribution < -0.4 is 10.1 Å². The average Bonchev–Trinajstić information content (AvgIpc) is 3.04. The Morgan fingerprint density at radius 2 is 1.92 bits per heavy atom. The number of amides is 1. The zero-order valence-corrected chi connectivity index (χ0v) is 14.4. The van der Waals surface area contributed by atoms with Crippen molar-refractivity contribution in [1.82, 2.24) is 10.3 Å².